The van der Waals surface area contributed by atoms with Crippen molar-refractivity contribution in [2.45, 2.75) is 6.54 Å². The number of para-hydroxylation sites is 3. The van der Waals surface area contributed by atoms with E-state index >= 15 is 0 Å². The van der Waals surface area contributed by atoms with Crippen LogP contribution in [0.5, 0.6) is 11.5 Å². The molecule has 2 N–H and O–H groups in total. The molecule has 0 fully saturated rings. The maximum Gasteiger partial charge on any atom is 0.254 e. The third kappa shape index (κ3) is 4.96. The summed E-state index contributed by atoms with van der Waals surface area (Å²) >= 11 is 0. The number of rotatable bonds is 7. The van der Waals surface area contributed by atoms with Gasteiger partial charge in [0.05, 0.1) is 11.3 Å². The monoisotopic (exact) mass is 397 g/mol. The molecule has 0 saturated heterocycles. The van der Waals surface area contributed by atoms with Crippen molar-refractivity contribution < 1.29 is 9.53 Å². The fourth-order valence-corrected chi connectivity index (χ4v) is 2.69. The fraction of sp³-hybridized carbons (Fsp3) is 0.0435. The lowest BCUT2D eigenvalue weighted by molar-refractivity contribution is 0.0950. The Balaban J connectivity index is 1.41. The Morgan fingerprint density at radius 2 is 1.57 bits per heavy atom. The van der Waals surface area contributed by atoms with E-state index in [0.29, 0.717) is 23.8 Å². The third-order valence-corrected chi connectivity index (χ3v) is 4.22. The van der Waals surface area contributed by atoms with Gasteiger partial charge in [0.1, 0.15) is 5.75 Å². The number of nitrogens with one attached hydrogen (secondary N) is 2. The van der Waals surface area contributed by atoms with Gasteiger partial charge in [-0.25, -0.2) is 9.97 Å². The number of pyridine rings is 1. The molecule has 2 heterocycles. The van der Waals surface area contributed by atoms with E-state index in [1.165, 1.54) is 12.4 Å². The number of ether oxygens (including phenoxy) is 1. The van der Waals surface area contributed by atoms with Gasteiger partial charge in [-0.05, 0) is 42.0 Å². The van der Waals surface area contributed by atoms with E-state index in [-0.39, 0.29) is 5.91 Å². The molecule has 7 heteroatoms. The smallest absolute Gasteiger partial charge is 0.254 e. The molecule has 0 saturated carbocycles. The Labute approximate surface area is 173 Å². The quantitative estimate of drug-likeness (QED) is 0.482. The van der Waals surface area contributed by atoms with Crippen LogP contribution in [-0.4, -0.2) is 20.9 Å². The van der Waals surface area contributed by atoms with Crippen LogP contribution < -0.4 is 15.4 Å². The van der Waals surface area contributed by atoms with E-state index in [1.807, 2.05) is 66.7 Å². The van der Waals surface area contributed by atoms with E-state index in [4.69, 9.17) is 4.74 Å². The average Bonchev–Trinajstić information content (AvgIpc) is 2.81. The maximum absolute atomic E-state index is 12.3. The molecule has 0 aliphatic rings. The van der Waals surface area contributed by atoms with E-state index in [1.54, 1.807) is 12.4 Å². The predicted octanol–water partition coefficient (Wildman–Crippen LogP) is 4.34. The Kier molecular flexibility index (Phi) is 5.91. The van der Waals surface area contributed by atoms with Crippen molar-refractivity contribution in [3.8, 4) is 11.5 Å². The van der Waals surface area contributed by atoms with E-state index in [9.17, 15) is 4.79 Å². The molecule has 0 unspecified atom stereocenters. The first-order valence-electron chi connectivity index (χ1n) is 9.36. The molecule has 0 bridgehead atoms. The summed E-state index contributed by atoms with van der Waals surface area (Å²) in [7, 11) is 0. The number of aromatic nitrogens is 3. The first-order chi connectivity index (χ1) is 14.8. The normalized spacial score (nSPS) is 10.3. The van der Waals surface area contributed by atoms with Crippen LogP contribution in [0.4, 0.5) is 11.6 Å². The molecule has 0 radical (unpaired) electrons. The predicted molar refractivity (Wildman–Crippen MR) is 114 cm³/mol. The van der Waals surface area contributed by atoms with Gasteiger partial charge < -0.3 is 15.4 Å². The standard InChI is InChI=1S/C23H19N5O2/c29-22(25-14-17-10-12-24-13-11-17)18-15-26-23(27-16-18)28-20-8-4-5-9-21(20)30-19-6-2-1-3-7-19/h1-13,15-16H,14H2,(H,25,29)(H,26,27,28). The van der Waals surface area contributed by atoms with E-state index in [2.05, 4.69) is 25.6 Å². The SMILES string of the molecule is O=C(NCc1ccncc1)c1cnc(Nc2ccccc2Oc2ccccc2)nc1. The van der Waals surface area contributed by atoms with Crippen LogP contribution >= 0.6 is 0 Å². The Morgan fingerprint density at radius 3 is 2.33 bits per heavy atom. The van der Waals surface area contributed by atoms with Crippen molar-refractivity contribution in [3.05, 3.63) is 103 Å². The van der Waals surface area contributed by atoms with Crippen molar-refractivity contribution >= 4 is 17.5 Å². The summed E-state index contributed by atoms with van der Waals surface area (Å²) < 4.78 is 5.93. The summed E-state index contributed by atoms with van der Waals surface area (Å²) in [6.45, 7) is 0.408. The molecule has 0 aliphatic carbocycles. The third-order valence-electron chi connectivity index (χ3n) is 4.22. The lowest BCUT2D eigenvalue weighted by Crippen LogP contribution is -2.23. The number of anilines is 2. The van der Waals surface area contributed by atoms with Crippen LogP contribution in [0.1, 0.15) is 15.9 Å². The maximum atomic E-state index is 12.3. The van der Waals surface area contributed by atoms with Crippen LogP contribution in [0, 0.1) is 0 Å². The highest BCUT2D eigenvalue weighted by Crippen LogP contribution is 2.30. The van der Waals surface area contributed by atoms with E-state index in [0.717, 1.165) is 17.0 Å². The second-order valence-corrected chi connectivity index (χ2v) is 6.37. The highest BCUT2D eigenvalue weighted by Gasteiger charge is 2.09. The second-order valence-electron chi connectivity index (χ2n) is 6.37. The molecule has 4 rings (SSSR count). The molecule has 0 spiro atoms. The zero-order chi connectivity index (χ0) is 20.6. The molecule has 4 aromatic rings. The Bertz CT molecular complexity index is 1100. The van der Waals surface area contributed by atoms with Gasteiger partial charge in [-0.3, -0.25) is 9.78 Å². The minimum atomic E-state index is -0.244. The minimum absolute atomic E-state index is 0.244. The molecular weight excluding hydrogens is 378 g/mol. The van der Waals surface area contributed by atoms with Crippen molar-refractivity contribution in [2.75, 3.05) is 5.32 Å². The molecule has 2 aromatic heterocycles. The van der Waals surface area contributed by atoms with Crippen molar-refractivity contribution in [2.24, 2.45) is 0 Å². The van der Waals surface area contributed by atoms with Crippen LogP contribution in [0.25, 0.3) is 0 Å². The lowest BCUT2D eigenvalue weighted by atomic mass is 10.2. The highest BCUT2D eigenvalue weighted by atomic mass is 16.5. The van der Waals surface area contributed by atoms with Gasteiger partial charge in [0.2, 0.25) is 5.95 Å². The number of hydrogen-bond donors (Lipinski definition) is 2. The minimum Gasteiger partial charge on any atom is -0.455 e. The van der Waals surface area contributed by atoms with Gasteiger partial charge in [0, 0.05) is 31.3 Å². The zero-order valence-corrected chi connectivity index (χ0v) is 16.0. The molecule has 7 nitrogen and oxygen atoms in total. The summed E-state index contributed by atoms with van der Waals surface area (Å²) in [4.78, 5) is 24.8. The van der Waals surface area contributed by atoms with Crippen molar-refractivity contribution in [1.82, 2.24) is 20.3 Å². The van der Waals surface area contributed by atoms with Gasteiger partial charge >= 0.3 is 0 Å². The topological polar surface area (TPSA) is 89.0 Å². The number of hydrogen-bond acceptors (Lipinski definition) is 6. The lowest BCUT2D eigenvalue weighted by Gasteiger charge is -2.12. The molecule has 1 amide bonds. The molecular formula is C23H19N5O2. The van der Waals surface area contributed by atoms with Gasteiger partial charge in [0.25, 0.3) is 5.91 Å². The second kappa shape index (κ2) is 9.29. The van der Waals surface area contributed by atoms with Gasteiger partial charge in [-0.15, -0.1) is 0 Å². The molecule has 148 valence electrons. The van der Waals surface area contributed by atoms with Gasteiger partial charge in [0.15, 0.2) is 5.75 Å². The van der Waals surface area contributed by atoms with Crippen LogP contribution in [-0.2, 0) is 6.54 Å². The highest BCUT2D eigenvalue weighted by molar-refractivity contribution is 5.93. The number of carbonyl (C=O) groups excluding carboxylic acids is 1. The van der Waals surface area contributed by atoms with Crippen molar-refractivity contribution in [1.29, 1.82) is 0 Å². The van der Waals surface area contributed by atoms with Crippen LogP contribution in [0.2, 0.25) is 0 Å². The largest absolute Gasteiger partial charge is 0.455 e. The summed E-state index contributed by atoms with van der Waals surface area (Å²) in [6, 6.07) is 20.7. The Hall–Kier alpha value is -4.26. The van der Waals surface area contributed by atoms with E-state index < -0.39 is 0 Å². The fourth-order valence-electron chi connectivity index (χ4n) is 2.69. The van der Waals surface area contributed by atoms with Crippen LogP contribution in [0.15, 0.2) is 91.5 Å². The number of amides is 1. The molecule has 30 heavy (non-hydrogen) atoms. The summed E-state index contributed by atoms with van der Waals surface area (Å²) in [6.07, 6.45) is 6.34. The van der Waals surface area contributed by atoms with Gasteiger partial charge in [-0.2, -0.15) is 0 Å². The number of carbonyl (C=O) groups is 1. The average molecular weight is 397 g/mol. The van der Waals surface area contributed by atoms with Crippen LogP contribution in [0.3, 0.4) is 0 Å². The Morgan fingerprint density at radius 1 is 0.867 bits per heavy atom. The molecule has 2 aromatic carbocycles. The van der Waals surface area contributed by atoms with Gasteiger partial charge in [-0.1, -0.05) is 30.3 Å². The first-order valence-corrected chi connectivity index (χ1v) is 9.36. The first kappa shape index (κ1) is 19.1. The van der Waals surface area contributed by atoms with Crippen molar-refractivity contribution in [3.63, 3.8) is 0 Å². The summed E-state index contributed by atoms with van der Waals surface area (Å²) in [5.41, 5.74) is 2.06. The molecule has 0 atom stereocenters. The zero-order valence-electron chi connectivity index (χ0n) is 16.0. The summed E-state index contributed by atoms with van der Waals surface area (Å²) in [5.74, 6) is 1.50. The number of nitrogens with zero attached hydrogens (tertiary/aromatic N) is 3. The number of benzene rings is 2. The molecule has 0 aliphatic heterocycles. The summed E-state index contributed by atoms with van der Waals surface area (Å²) in [5, 5.41) is 5.96.